The lowest BCUT2D eigenvalue weighted by Gasteiger charge is -2.32. The molecule has 1 aromatic carbocycles. The van der Waals surface area contributed by atoms with Crippen LogP contribution in [0.2, 0.25) is 0 Å². The molecule has 0 radical (unpaired) electrons. The molecule has 1 heterocycles. The third-order valence-corrected chi connectivity index (χ3v) is 4.51. The molecule has 0 spiro atoms. The zero-order valence-corrected chi connectivity index (χ0v) is 13.9. The van der Waals surface area contributed by atoms with E-state index in [0.29, 0.717) is 18.8 Å². The number of methoxy groups -OCH3 is 1. The maximum atomic E-state index is 12.5. The highest BCUT2D eigenvalue weighted by molar-refractivity contribution is 5.79. The molecule has 0 aliphatic carbocycles. The number of carboxylic acid groups (broad SMARTS) is 1. The normalized spacial score (nSPS) is 15.5. The van der Waals surface area contributed by atoms with Gasteiger partial charge in [0.05, 0.1) is 13.5 Å². The van der Waals surface area contributed by atoms with Crippen LogP contribution in [0.3, 0.4) is 0 Å². The van der Waals surface area contributed by atoms with E-state index in [-0.39, 0.29) is 12.3 Å². The number of nitrogens with zero attached hydrogens (tertiary/aromatic N) is 1. The van der Waals surface area contributed by atoms with Crippen LogP contribution in [0, 0.1) is 12.8 Å². The van der Waals surface area contributed by atoms with Gasteiger partial charge in [0.15, 0.2) is 0 Å². The Morgan fingerprint density at radius 3 is 2.61 bits per heavy atom. The molecule has 23 heavy (non-hydrogen) atoms. The fourth-order valence-corrected chi connectivity index (χ4v) is 3.12. The lowest BCUT2D eigenvalue weighted by atomic mass is 9.92. The van der Waals surface area contributed by atoms with Crippen LogP contribution >= 0.6 is 0 Å². The molecule has 1 aliphatic heterocycles. The standard InChI is InChI=1S/C18H25NO4/c1-13-3-5-16(23-2)15(11-13)12-17(20)19-9-7-14(8-10-19)4-6-18(21)22/h3,5,11,14H,4,6-10,12H2,1-2H3,(H,21,22). The lowest BCUT2D eigenvalue weighted by Crippen LogP contribution is -2.39. The smallest absolute Gasteiger partial charge is 0.303 e. The fourth-order valence-electron chi connectivity index (χ4n) is 3.12. The highest BCUT2D eigenvalue weighted by atomic mass is 16.5. The minimum atomic E-state index is -0.741. The van der Waals surface area contributed by atoms with Crippen molar-refractivity contribution in [2.24, 2.45) is 5.92 Å². The quantitative estimate of drug-likeness (QED) is 0.875. The second kappa shape index (κ2) is 7.99. The number of aliphatic carboxylic acids is 1. The molecule has 5 heteroatoms. The van der Waals surface area contributed by atoms with Gasteiger partial charge >= 0.3 is 5.97 Å². The van der Waals surface area contributed by atoms with Gasteiger partial charge in [-0.1, -0.05) is 17.7 Å². The SMILES string of the molecule is COc1ccc(C)cc1CC(=O)N1CCC(CCC(=O)O)CC1. The van der Waals surface area contributed by atoms with Crippen molar-refractivity contribution in [3.05, 3.63) is 29.3 Å². The number of piperidine rings is 1. The Balaban J connectivity index is 1.88. The average molecular weight is 319 g/mol. The van der Waals surface area contributed by atoms with Gasteiger partial charge in [-0.2, -0.15) is 0 Å². The van der Waals surface area contributed by atoms with E-state index in [1.807, 2.05) is 30.0 Å². The Bertz CT molecular complexity index is 562. The van der Waals surface area contributed by atoms with Crippen molar-refractivity contribution < 1.29 is 19.4 Å². The Hall–Kier alpha value is -2.04. The van der Waals surface area contributed by atoms with E-state index < -0.39 is 5.97 Å². The molecular weight excluding hydrogens is 294 g/mol. The summed E-state index contributed by atoms with van der Waals surface area (Å²) in [6.45, 7) is 3.44. The summed E-state index contributed by atoms with van der Waals surface area (Å²) in [6.07, 6.45) is 3.07. The number of carbonyl (C=O) groups is 2. The van der Waals surface area contributed by atoms with Crippen molar-refractivity contribution in [2.45, 2.75) is 39.0 Å². The van der Waals surface area contributed by atoms with E-state index in [2.05, 4.69) is 0 Å². The minimum absolute atomic E-state index is 0.116. The first-order valence-corrected chi connectivity index (χ1v) is 8.12. The summed E-state index contributed by atoms with van der Waals surface area (Å²) in [5.41, 5.74) is 2.03. The van der Waals surface area contributed by atoms with Gasteiger partial charge in [-0.3, -0.25) is 9.59 Å². The van der Waals surface area contributed by atoms with Gasteiger partial charge in [-0.25, -0.2) is 0 Å². The summed E-state index contributed by atoms with van der Waals surface area (Å²) in [5.74, 6) is 0.546. The maximum Gasteiger partial charge on any atom is 0.303 e. The van der Waals surface area contributed by atoms with Crippen LogP contribution in [0.4, 0.5) is 0 Å². The number of carbonyl (C=O) groups excluding carboxylic acids is 1. The number of rotatable bonds is 6. The van der Waals surface area contributed by atoms with Crippen molar-refractivity contribution in [3.63, 3.8) is 0 Å². The van der Waals surface area contributed by atoms with Gasteiger partial charge in [-0.05, 0) is 38.2 Å². The molecule has 2 rings (SSSR count). The van der Waals surface area contributed by atoms with Crippen LogP contribution in [-0.4, -0.2) is 42.1 Å². The molecular formula is C18H25NO4. The van der Waals surface area contributed by atoms with E-state index in [1.165, 1.54) is 0 Å². The van der Waals surface area contributed by atoms with Gasteiger partial charge in [0.2, 0.25) is 5.91 Å². The number of hydrogen-bond donors (Lipinski definition) is 1. The van der Waals surface area contributed by atoms with Crippen LogP contribution in [0.1, 0.15) is 36.8 Å². The molecule has 5 nitrogen and oxygen atoms in total. The Morgan fingerprint density at radius 1 is 1.30 bits per heavy atom. The fraction of sp³-hybridized carbons (Fsp3) is 0.556. The number of aryl methyl sites for hydroxylation is 1. The van der Waals surface area contributed by atoms with E-state index >= 15 is 0 Å². The van der Waals surface area contributed by atoms with E-state index in [0.717, 1.165) is 42.8 Å². The second-order valence-electron chi connectivity index (χ2n) is 6.25. The minimum Gasteiger partial charge on any atom is -0.496 e. The predicted octanol–water partition coefficient (Wildman–Crippen LogP) is 2.65. The van der Waals surface area contributed by atoms with Gasteiger partial charge in [0.1, 0.15) is 5.75 Å². The molecule has 126 valence electrons. The molecule has 1 fully saturated rings. The number of benzene rings is 1. The number of hydrogen-bond acceptors (Lipinski definition) is 3. The summed E-state index contributed by atoms with van der Waals surface area (Å²) in [6, 6.07) is 5.87. The van der Waals surface area contributed by atoms with Crippen molar-refractivity contribution in [1.29, 1.82) is 0 Å². The molecule has 0 unspecified atom stereocenters. The summed E-state index contributed by atoms with van der Waals surface area (Å²) in [4.78, 5) is 25.0. The molecule has 1 aromatic rings. The average Bonchev–Trinajstić information content (AvgIpc) is 2.53. The summed E-state index contributed by atoms with van der Waals surface area (Å²) in [7, 11) is 1.62. The van der Waals surface area contributed by atoms with Crippen LogP contribution in [0.25, 0.3) is 0 Å². The monoisotopic (exact) mass is 319 g/mol. The third kappa shape index (κ3) is 4.98. The third-order valence-electron chi connectivity index (χ3n) is 4.51. The second-order valence-corrected chi connectivity index (χ2v) is 6.25. The molecule has 0 bridgehead atoms. The van der Waals surface area contributed by atoms with E-state index in [1.54, 1.807) is 7.11 Å². The first kappa shape index (κ1) is 17.3. The largest absolute Gasteiger partial charge is 0.496 e. The number of likely N-dealkylation sites (tertiary alicyclic amines) is 1. The Kier molecular flexibility index (Phi) is 6.02. The highest BCUT2D eigenvalue weighted by Crippen LogP contribution is 2.24. The highest BCUT2D eigenvalue weighted by Gasteiger charge is 2.23. The Morgan fingerprint density at radius 2 is 2.00 bits per heavy atom. The van der Waals surface area contributed by atoms with Crippen molar-refractivity contribution >= 4 is 11.9 Å². The lowest BCUT2D eigenvalue weighted by molar-refractivity contribution is -0.138. The zero-order chi connectivity index (χ0) is 16.8. The molecule has 1 amide bonds. The van der Waals surface area contributed by atoms with Crippen molar-refractivity contribution in [2.75, 3.05) is 20.2 Å². The number of ether oxygens (including phenoxy) is 1. The van der Waals surface area contributed by atoms with E-state index in [9.17, 15) is 9.59 Å². The number of carboxylic acids is 1. The van der Waals surface area contributed by atoms with Crippen LogP contribution < -0.4 is 4.74 Å². The van der Waals surface area contributed by atoms with Gasteiger partial charge in [-0.15, -0.1) is 0 Å². The van der Waals surface area contributed by atoms with Gasteiger partial charge < -0.3 is 14.7 Å². The zero-order valence-electron chi connectivity index (χ0n) is 13.9. The predicted molar refractivity (Wildman–Crippen MR) is 87.6 cm³/mol. The van der Waals surface area contributed by atoms with Crippen molar-refractivity contribution in [3.8, 4) is 5.75 Å². The van der Waals surface area contributed by atoms with Crippen LogP contribution in [0.15, 0.2) is 18.2 Å². The molecule has 0 saturated carbocycles. The molecule has 0 atom stereocenters. The summed E-state index contributed by atoms with van der Waals surface area (Å²) >= 11 is 0. The molecule has 1 saturated heterocycles. The molecule has 0 aromatic heterocycles. The van der Waals surface area contributed by atoms with Crippen LogP contribution in [-0.2, 0) is 16.0 Å². The van der Waals surface area contributed by atoms with Crippen molar-refractivity contribution in [1.82, 2.24) is 4.90 Å². The molecule has 1 N–H and O–H groups in total. The number of amides is 1. The first-order valence-electron chi connectivity index (χ1n) is 8.12. The maximum absolute atomic E-state index is 12.5. The van der Waals surface area contributed by atoms with E-state index in [4.69, 9.17) is 9.84 Å². The summed E-state index contributed by atoms with van der Waals surface area (Å²) < 4.78 is 5.33. The first-order chi connectivity index (χ1) is 11.0. The van der Waals surface area contributed by atoms with Crippen LogP contribution in [0.5, 0.6) is 5.75 Å². The molecule has 1 aliphatic rings. The van der Waals surface area contributed by atoms with Gasteiger partial charge in [0, 0.05) is 25.1 Å². The topological polar surface area (TPSA) is 66.8 Å². The van der Waals surface area contributed by atoms with Gasteiger partial charge in [0.25, 0.3) is 0 Å². The Labute approximate surface area is 137 Å². The summed E-state index contributed by atoms with van der Waals surface area (Å²) in [5, 5.41) is 8.74.